The highest BCUT2D eigenvalue weighted by molar-refractivity contribution is 6.31. The number of esters is 1. The summed E-state index contributed by atoms with van der Waals surface area (Å²) in [6, 6.07) is 7.54. The highest BCUT2D eigenvalue weighted by Crippen LogP contribution is 2.50. The number of methoxy groups -OCH3 is 1. The number of halogens is 1. The first-order valence-corrected chi connectivity index (χ1v) is 12.4. The molecule has 187 valence electrons. The summed E-state index contributed by atoms with van der Waals surface area (Å²) in [5.74, 6) is -0.248. The first-order valence-electron chi connectivity index (χ1n) is 12.0. The summed E-state index contributed by atoms with van der Waals surface area (Å²) >= 11 is 6.38. The van der Waals surface area contributed by atoms with Crippen LogP contribution in [0.15, 0.2) is 35.9 Å². The van der Waals surface area contributed by atoms with Gasteiger partial charge < -0.3 is 19.5 Å². The van der Waals surface area contributed by atoms with Crippen LogP contribution in [0.5, 0.6) is 0 Å². The molecule has 0 heterocycles. The van der Waals surface area contributed by atoms with E-state index in [-0.39, 0.29) is 42.2 Å². The maximum atomic E-state index is 12.9. The highest BCUT2D eigenvalue weighted by atomic mass is 35.5. The van der Waals surface area contributed by atoms with E-state index in [1.807, 2.05) is 37.6 Å². The number of ether oxygens (including phenoxy) is 2. The molecule has 0 aliphatic heterocycles. The van der Waals surface area contributed by atoms with Gasteiger partial charge in [-0.15, -0.1) is 0 Å². The zero-order valence-electron chi connectivity index (χ0n) is 20.8. The van der Waals surface area contributed by atoms with Crippen LogP contribution >= 0.6 is 11.6 Å². The standard InChI is InChI=1S/C27H37ClNO5/c1-17-12-23-22(11-10-19(3)27(23,32)13-25(17)34-20(4)30)18(2)14-29(26(31)16-33-5)15-21-8-6-7-9-24(21)28/h6-9,12-13,18-19,22-23,25,32H,10-11,14-16H2,1-5H3/t18?,19-,22+,23-,25-,27-/m1/s1. The molecular weight excluding hydrogens is 454 g/mol. The van der Waals surface area contributed by atoms with E-state index in [9.17, 15) is 14.7 Å². The van der Waals surface area contributed by atoms with Gasteiger partial charge in [0, 0.05) is 44.5 Å². The van der Waals surface area contributed by atoms with Crippen LogP contribution in [0.3, 0.4) is 0 Å². The molecule has 1 aromatic rings. The van der Waals surface area contributed by atoms with Crippen LogP contribution in [0.25, 0.3) is 0 Å². The average Bonchev–Trinajstić information content (AvgIpc) is 2.77. The van der Waals surface area contributed by atoms with E-state index in [2.05, 4.69) is 19.9 Å². The quantitative estimate of drug-likeness (QED) is 0.430. The normalized spacial score (nSPS) is 29.6. The van der Waals surface area contributed by atoms with Gasteiger partial charge in [0.1, 0.15) is 12.7 Å². The van der Waals surface area contributed by atoms with E-state index >= 15 is 0 Å². The number of amides is 1. The van der Waals surface area contributed by atoms with Gasteiger partial charge in [-0.2, -0.15) is 0 Å². The number of rotatable bonds is 8. The second-order valence-corrected chi connectivity index (χ2v) is 10.3. The number of carbonyl (C=O) groups is 2. The molecule has 3 rings (SSSR count). The summed E-state index contributed by atoms with van der Waals surface area (Å²) in [5.41, 5.74) is 0.751. The Morgan fingerprint density at radius 1 is 1.29 bits per heavy atom. The molecule has 1 aromatic carbocycles. The molecule has 6 atom stereocenters. The smallest absolute Gasteiger partial charge is 0.303 e. The van der Waals surface area contributed by atoms with Gasteiger partial charge in [-0.1, -0.05) is 49.7 Å². The lowest BCUT2D eigenvalue weighted by Gasteiger charge is -2.53. The molecule has 1 saturated carbocycles. The molecule has 1 unspecified atom stereocenters. The molecule has 1 N–H and O–H groups in total. The molecule has 34 heavy (non-hydrogen) atoms. The second-order valence-electron chi connectivity index (χ2n) is 9.94. The van der Waals surface area contributed by atoms with Crippen molar-refractivity contribution >= 4 is 23.5 Å². The Hall–Kier alpha value is -1.89. The topological polar surface area (TPSA) is 76.1 Å². The number of hydrogen-bond acceptors (Lipinski definition) is 5. The van der Waals surface area contributed by atoms with E-state index < -0.39 is 11.7 Å². The van der Waals surface area contributed by atoms with Crippen LogP contribution in [0.1, 0.15) is 46.1 Å². The van der Waals surface area contributed by atoms with Crippen molar-refractivity contribution in [3.8, 4) is 0 Å². The fraction of sp³-hybridized carbons (Fsp3) is 0.593. The monoisotopic (exact) mass is 490 g/mol. The fourth-order valence-electron chi connectivity index (χ4n) is 5.54. The molecule has 1 fully saturated rings. The molecule has 0 bridgehead atoms. The number of nitrogens with zero attached hydrogens (tertiary/aromatic N) is 1. The predicted octanol–water partition coefficient (Wildman–Crippen LogP) is 4.44. The number of aliphatic hydroxyl groups is 1. The molecule has 0 aromatic heterocycles. The van der Waals surface area contributed by atoms with Crippen molar-refractivity contribution in [1.82, 2.24) is 4.90 Å². The first kappa shape index (κ1) is 26.7. The summed E-state index contributed by atoms with van der Waals surface area (Å²) in [4.78, 5) is 26.3. The summed E-state index contributed by atoms with van der Waals surface area (Å²) in [6.07, 6.45) is 5.18. The maximum Gasteiger partial charge on any atom is 0.303 e. The van der Waals surface area contributed by atoms with E-state index in [1.165, 1.54) is 14.0 Å². The van der Waals surface area contributed by atoms with Gasteiger partial charge in [0.2, 0.25) is 5.91 Å². The number of fused-ring (bicyclic) bond motifs is 1. The molecule has 0 saturated heterocycles. The second kappa shape index (κ2) is 11.2. The third kappa shape index (κ3) is 5.84. The first-order chi connectivity index (χ1) is 16.1. The van der Waals surface area contributed by atoms with Gasteiger partial charge in [0.15, 0.2) is 0 Å². The molecule has 2 aliphatic rings. The van der Waals surface area contributed by atoms with E-state index in [0.29, 0.717) is 18.1 Å². The minimum absolute atomic E-state index is 0.00307. The summed E-state index contributed by atoms with van der Waals surface area (Å²) < 4.78 is 10.6. The SMILES string of the molecule is COCC(=O)N(Cc1ccccc1Cl)CC(C)[C@@H]1CC[C@@H](C)[C@]2(O)[CH][C@@H](OC(C)=O)C(C)=C[C@H]12. The van der Waals surface area contributed by atoms with Crippen molar-refractivity contribution in [3.05, 3.63) is 52.9 Å². The zero-order chi connectivity index (χ0) is 25.0. The molecule has 6 nitrogen and oxygen atoms in total. The Morgan fingerprint density at radius 3 is 2.65 bits per heavy atom. The van der Waals surface area contributed by atoms with Crippen LogP contribution in [-0.2, 0) is 25.6 Å². The van der Waals surface area contributed by atoms with Crippen LogP contribution in [0.4, 0.5) is 0 Å². The number of carbonyl (C=O) groups excluding carboxylic acids is 2. The lowest BCUT2D eigenvalue weighted by molar-refractivity contribution is -0.148. The zero-order valence-corrected chi connectivity index (χ0v) is 21.5. The van der Waals surface area contributed by atoms with Gasteiger partial charge in [0.25, 0.3) is 0 Å². The van der Waals surface area contributed by atoms with Gasteiger partial charge >= 0.3 is 5.97 Å². The number of hydrogen-bond donors (Lipinski definition) is 1. The summed E-state index contributed by atoms with van der Waals surface area (Å²) in [7, 11) is 1.52. The third-order valence-corrected chi connectivity index (χ3v) is 7.87. The predicted molar refractivity (Wildman–Crippen MR) is 132 cm³/mol. The molecule has 1 radical (unpaired) electrons. The van der Waals surface area contributed by atoms with Crippen molar-refractivity contribution in [3.63, 3.8) is 0 Å². The third-order valence-electron chi connectivity index (χ3n) is 7.50. The Bertz CT molecular complexity index is 918. The van der Waals surface area contributed by atoms with Crippen molar-refractivity contribution in [2.45, 2.75) is 58.8 Å². The van der Waals surface area contributed by atoms with Gasteiger partial charge in [-0.25, -0.2) is 0 Å². The minimum atomic E-state index is -1.07. The molecule has 1 amide bonds. The summed E-state index contributed by atoms with van der Waals surface area (Å²) in [6.45, 7) is 8.45. The maximum absolute atomic E-state index is 12.9. The van der Waals surface area contributed by atoms with Gasteiger partial charge in [-0.05, 0) is 54.7 Å². The van der Waals surface area contributed by atoms with E-state index in [1.54, 1.807) is 4.90 Å². The highest BCUT2D eigenvalue weighted by Gasteiger charge is 2.53. The Labute approximate surface area is 208 Å². The van der Waals surface area contributed by atoms with Crippen molar-refractivity contribution in [2.24, 2.45) is 23.7 Å². The van der Waals surface area contributed by atoms with Crippen molar-refractivity contribution < 1.29 is 24.2 Å². The molecule has 0 spiro atoms. The van der Waals surface area contributed by atoms with Gasteiger partial charge in [-0.3, -0.25) is 9.59 Å². The molecular formula is C27H37ClNO5. The molecule has 7 heteroatoms. The van der Waals surface area contributed by atoms with Crippen LogP contribution < -0.4 is 0 Å². The minimum Gasteiger partial charge on any atom is -0.458 e. The average molecular weight is 491 g/mol. The Morgan fingerprint density at radius 2 is 2.00 bits per heavy atom. The van der Waals surface area contributed by atoms with E-state index in [0.717, 1.165) is 24.0 Å². The van der Waals surface area contributed by atoms with Gasteiger partial charge in [0.05, 0.1) is 5.60 Å². The molecule has 2 aliphatic carbocycles. The van der Waals surface area contributed by atoms with Crippen molar-refractivity contribution in [2.75, 3.05) is 20.3 Å². The van der Waals surface area contributed by atoms with Crippen LogP contribution in [-0.4, -0.2) is 53.8 Å². The van der Waals surface area contributed by atoms with E-state index in [4.69, 9.17) is 21.1 Å². The fourth-order valence-corrected chi connectivity index (χ4v) is 5.73. The number of benzene rings is 1. The lowest BCUT2D eigenvalue weighted by atomic mass is 9.57. The Kier molecular flexibility index (Phi) is 8.82. The van der Waals surface area contributed by atoms with Crippen LogP contribution in [0, 0.1) is 30.1 Å². The van der Waals surface area contributed by atoms with Crippen LogP contribution in [0.2, 0.25) is 5.02 Å². The largest absolute Gasteiger partial charge is 0.458 e. The Balaban J connectivity index is 1.84. The summed E-state index contributed by atoms with van der Waals surface area (Å²) in [5, 5.41) is 12.4. The lowest BCUT2D eigenvalue weighted by Crippen LogP contribution is -2.56. The van der Waals surface area contributed by atoms with Crippen molar-refractivity contribution in [1.29, 1.82) is 0 Å².